The summed E-state index contributed by atoms with van der Waals surface area (Å²) in [5.74, 6) is 0.345. The number of carbonyl (C=O) groups excluding carboxylic acids is 1. The highest BCUT2D eigenvalue weighted by molar-refractivity contribution is 5.97. The lowest BCUT2D eigenvalue weighted by Gasteiger charge is -2.30. The molecule has 0 aromatic heterocycles. The molecule has 0 bridgehead atoms. The van der Waals surface area contributed by atoms with Crippen LogP contribution in [0.4, 0.5) is 0 Å². The number of carbonyl (C=O) groups is 1. The number of nitrogens with zero attached hydrogens (tertiary/aromatic N) is 3. The molecule has 1 unspecified atom stereocenters. The van der Waals surface area contributed by atoms with Gasteiger partial charge in [0.2, 0.25) is 0 Å². The summed E-state index contributed by atoms with van der Waals surface area (Å²) in [6.07, 6.45) is 7.32. The Bertz CT molecular complexity index is 423. The lowest BCUT2D eigenvalue weighted by atomic mass is 10.0. The Labute approximate surface area is 121 Å². The van der Waals surface area contributed by atoms with Crippen LogP contribution in [0.1, 0.15) is 19.8 Å². The Morgan fingerprint density at radius 2 is 2.10 bits per heavy atom. The van der Waals surface area contributed by atoms with Crippen LogP contribution < -0.4 is 0 Å². The number of likely N-dealkylation sites (tertiary alicyclic amines) is 1. The molecule has 0 N–H and O–H groups in total. The molecule has 4 heteroatoms. The lowest BCUT2D eigenvalue weighted by Crippen LogP contribution is -2.35. The summed E-state index contributed by atoms with van der Waals surface area (Å²) in [4.78, 5) is 16.0. The zero-order chi connectivity index (χ0) is 15.0. The van der Waals surface area contributed by atoms with Gasteiger partial charge >= 0.3 is 0 Å². The SMILES string of the molecule is C=CCN(CC=C)C(=O)/C(C#N)=C\N1CCCC(C)C1. The fraction of sp³-hybridized carbons (Fsp3) is 0.500. The van der Waals surface area contributed by atoms with Crippen LogP contribution in [0.3, 0.4) is 0 Å². The molecule has 4 nitrogen and oxygen atoms in total. The average molecular weight is 273 g/mol. The van der Waals surface area contributed by atoms with E-state index in [0.29, 0.717) is 19.0 Å². The maximum absolute atomic E-state index is 12.3. The van der Waals surface area contributed by atoms with Crippen LogP contribution in [0.2, 0.25) is 0 Å². The van der Waals surface area contributed by atoms with Crippen LogP contribution in [0.25, 0.3) is 0 Å². The fourth-order valence-electron chi connectivity index (χ4n) is 2.38. The molecule has 1 heterocycles. The Morgan fingerprint density at radius 1 is 1.45 bits per heavy atom. The fourth-order valence-corrected chi connectivity index (χ4v) is 2.38. The van der Waals surface area contributed by atoms with Gasteiger partial charge in [0.1, 0.15) is 11.6 Å². The van der Waals surface area contributed by atoms with Gasteiger partial charge in [-0.2, -0.15) is 5.26 Å². The van der Waals surface area contributed by atoms with Crippen molar-refractivity contribution in [3.63, 3.8) is 0 Å². The second-order valence-electron chi connectivity index (χ2n) is 5.18. The third kappa shape index (κ3) is 4.58. The average Bonchev–Trinajstić information content (AvgIpc) is 2.44. The van der Waals surface area contributed by atoms with E-state index in [4.69, 9.17) is 0 Å². The van der Waals surface area contributed by atoms with E-state index in [2.05, 4.69) is 25.0 Å². The van der Waals surface area contributed by atoms with Crippen LogP contribution in [0.5, 0.6) is 0 Å². The number of piperidine rings is 1. The number of hydrogen-bond acceptors (Lipinski definition) is 3. The topological polar surface area (TPSA) is 47.3 Å². The quantitative estimate of drug-likeness (QED) is 0.424. The van der Waals surface area contributed by atoms with E-state index in [1.165, 1.54) is 6.42 Å². The maximum Gasteiger partial charge on any atom is 0.266 e. The lowest BCUT2D eigenvalue weighted by molar-refractivity contribution is -0.125. The summed E-state index contributed by atoms with van der Waals surface area (Å²) >= 11 is 0. The summed E-state index contributed by atoms with van der Waals surface area (Å²) in [6, 6.07) is 2.02. The first-order chi connectivity index (χ1) is 9.62. The highest BCUT2D eigenvalue weighted by Gasteiger charge is 2.19. The van der Waals surface area contributed by atoms with Gasteiger partial charge in [0.15, 0.2) is 0 Å². The molecule has 0 saturated carbocycles. The molecular weight excluding hydrogens is 250 g/mol. The standard InChI is InChI=1S/C16H23N3O/c1-4-8-19(9-5-2)16(20)15(11-17)13-18-10-6-7-14(3)12-18/h4-5,13-14H,1-2,6-10,12H2,3H3/b15-13-. The molecule has 1 fully saturated rings. The third-order valence-corrected chi connectivity index (χ3v) is 3.34. The number of amides is 1. The van der Waals surface area contributed by atoms with Crippen molar-refractivity contribution in [1.29, 1.82) is 5.26 Å². The predicted octanol–water partition coefficient (Wildman–Crippen LogP) is 2.33. The van der Waals surface area contributed by atoms with Crippen molar-refractivity contribution in [2.45, 2.75) is 19.8 Å². The number of nitriles is 1. The van der Waals surface area contributed by atoms with Gasteiger partial charge in [0, 0.05) is 32.4 Å². The molecule has 1 aliphatic rings. The van der Waals surface area contributed by atoms with Crippen molar-refractivity contribution in [1.82, 2.24) is 9.80 Å². The van der Waals surface area contributed by atoms with Crippen molar-refractivity contribution < 1.29 is 4.79 Å². The summed E-state index contributed by atoms with van der Waals surface area (Å²) in [6.45, 7) is 12.1. The van der Waals surface area contributed by atoms with Crippen molar-refractivity contribution >= 4 is 5.91 Å². The van der Waals surface area contributed by atoms with Crippen molar-refractivity contribution in [3.05, 3.63) is 37.1 Å². The molecule has 1 aliphatic heterocycles. The monoisotopic (exact) mass is 273 g/mol. The Hall–Kier alpha value is -2.02. The van der Waals surface area contributed by atoms with Gasteiger partial charge in [-0.15, -0.1) is 13.2 Å². The number of rotatable bonds is 6. The second-order valence-corrected chi connectivity index (χ2v) is 5.18. The van der Waals surface area contributed by atoms with E-state index in [-0.39, 0.29) is 11.5 Å². The molecule has 1 amide bonds. The molecule has 0 aromatic carbocycles. The Balaban J connectivity index is 2.82. The highest BCUT2D eigenvalue weighted by Crippen LogP contribution is 2.17. The summed E-state index contributed by atoms with van der Waals surface area (Å²) in [5, 5.41) is 9.23. The van der Waals surface area contributed by atoms with Gasteiger partial charge in [-0.3, -0.25) is 4.79 Å². The molecule has 0 aliphatic carbocycles. The van der Waals surface area contributed by atoms with Gasteiger partial charge < -0.3 is 9.80 Å². The van der Waals surface area contributed by atoms with E-state index >= 15 is 0 Å². The van der Waals surface area contributed by atoms with E-state index in [1.54, 1.807) is 23.3 Å². The third-order valence-electron chi connectivity index (χ3n) is 3.34. The number of hydrogen-bond donors (Lipinski definition) is 0. The first-order valence-electron chi connectivity index (χ1n) is 6.99. The zero-order valence-electron chi connectivity index (χ0n) is 12.2. The van der Waals surface area contributed by atoms with Gasteiger partial charge in [0.05, 0.1) is 0 Å². The molecule has 1 atom stereocenters. The van der Waals surface area contributed by atoms with Crippen molar-refractivity contribution in [2.75, 3.05) is 26.2 Å². The van der Waals surface area contributed by atoms with Crippen LogP contribution in [0.15, 0.2) is 37.1 Å². The minimum atomic E-state index is -0.259. The maximum atomic E-state index is 12.3. The van der Waals surface area contributed by atoms with Crippen molar-refractivity contribution in [3.8, 4) is 6.07 Å². The van der Waals surface area contributed by atoms with Crippen LogP contribution >= 0.6 is 0 Å². The molecule has 1 rings (SSSR count). The summed E-state index contributed by atoms with van der Waals surface area (Å²) in [7, 11) is 0. The molecule has 1 saturated heterocycles. The first-order valence-corrected chi connectivity index (χ1v) is 6.99. The van der Waals surface area contributed by atoms with Crippen LogP contribution in [-0.2, 0) is 4.79 Å². The minimum Gasteiger partial charge on any atom is -0.376 e. The molecule has 20 heavy (non-hydrogen) atoms. The van der Waals surface area contributed by atoms with Gasteiger partial charge in [-0.05, 0) is 18.8 Å². The van der Waals surface area contributed by atoms with E-state index in [1.807, 2.05) is 6.07 Å². The molecule has 0 spiro atoms. The highest BCUT2D eigenvalue weighted by atomic mass is 16.2. The van der Waals surface area contributed by atoms with E-state index in [9.17, 15) is 10.1 Å². The largest absolute Gasteiger partial charge is 0.376 e. The zero-order valence-corrected chi connectivity index (χ0v) is 12.2. The first kappa shape index (κ1) is 16.0. The Morgan fingerprint density at radius 3 is 2.60 bits per heavy atom. The van der Waals surface area contributed by atoms with Crippen molar-refractivity contribution in [2.24, 2.45) is 5.92 Å². The molecular formula is C16H23N3O. The van der Waals surface area contributed by atoms with Crippen LogP contribution in [0, 0.1) is 17.2 Å². The smallest absolute Gasteiger partial charge is 0.266 e. The normalized spacial score (nSPS) is 19.1. The predicted molar refractivity (Wildman–Crippen MR) is 80.6 cm³/mol. The van der Waals surface area contributed by atoms with Gasteiger partial charge in [-0.1, -0.05) is 19.1 Å². The Kier molecular flexibility index (Phi) is 6.58. The summed E-state index contributed by atoms with van der Waals surface area (Å²) in [5.41, 5.74) is 0.183. The molecule has 0 radical (unpaired) electrons. The summed E-state index contributed by atoms with van der Waals surface area (Å²) < 4.78 is 0. The van der Waals surface area contributed by atoms with E-state index < -0.39 is 0 Å². The minimum absolute atomic E-state index is 0.183. The second kappa shape index (κ2) is 8.21. The molecule has 0 aromatic rings. The van der Waals surface area contributed by atoms with E-state index in [0.717, 1.165) is 19.5 Å². The molecule has 108 valence electrons. The van der Waals surface area contributed by atoms with Gasteiger partial charge in [0.25, 0.3) is 5.91 Å². The van der Waals surface area contributed by atoms with Gasteiger partial charge in [-0.25, -0.2) is 0 Å². The van der Waals surface area contributed by atoms with Crippen LogP contribution in [-0.4, -0.2) is 41.9 Å².